The molecule has 1 fully saturated rings. The lowest BCUT2D eigenvalue weighted by Crippen LogP contribution is -2.38. The third-order valence-electron chi connectivity index (χ3n) is 4.25. The van der Waals surface area contributed by atoms with Crippen LogP contribution in [0.4, 0.5) is 5.69 Å². The molecule has 1 heterocycles. The molecule has 3 heteroatoms. The first-order valence-electron chi connectivity index (χ1n) is 7.26. The molecule has 1 aromatic rings. The van der Waals surface area contributed by atoms with Crippen LogP contribution in [0, 0.1) is 11.8 Å². The first-order valence-corrected chi connectivity index (χ1v) is 7.26. The number of hydrogen-bond donors (Lipinski definition) is 1. The summed E-state index contributed by atoms with van der Waals surface area (Å²) in [5, 5.41) is 0. The van der Waals surface area contributed by atoms with Crippen LogP contribution in [0.25, 0.3) is 0 Å². The molecule has 0 bridgehead atoms. The van der Waals surface area contributed by atoms with Gasteiger partial charge < -0.3 is 15.4 Å². The lowest BCUT2D eigenvalue weighted by molar-refractivity contribution is 0.379. The Hall–Kier alpha value is -1.90. The number of nitrogens with zero attached hydrogens (tertiary/aromatic N) is 1. The van der Waals surface area contributed by atoms with Gasteiger partial charge >= 0.3 is 0 Å². The highest BCUT2D eigenvalue weighted by atomic mass is 16.5. The monoisotopic (exact) mass is 270 g/mol. The number of piperidine rings is 1. The number of benzene rings is 1. The Morgan fingerprint density at radius 1 is 1.25 bits per heavy atom. The minimum absolute atomic E-state index is 0.605. The molecule has 0 amide bonds. The number of fused-ring (bicyclic) bond motifs is 1. The summed E-state index contributed by atoms with van der Waals surface area (Å²) in [5.41, 5.74) is 9.49. The van der Waals surface area contributed by atoms with Crippen molar-refractivity contribution in [2.45, 2.75) is 19.8 Å². The molecule has 106 valence electrons. The molecule has 1 saturated heterocycles. The number of rotatable bonds is 2. The summed E-state index contributed by atoms with van der Waals surface area (Å²) >= 11 is 0. The minimum atomic E-state index is 0.605. The fourth-order valence-electron chi connectivity index (χ4n) is 3.26. The van der Waals surface area contributed by atoms with E-state index in [-0.39, 0.29) is 0 Å². The summed E-state index contributed by atoms with van der Waals surface area (Å²) in [6.45, 7) is 3.39. The highest BCUT2D eigenvalue weighted by Gasteiger charge is 2.30. The summed E-state index contributed by atoms with van der Waals surface area (Å²) in [6, 6.07) is 8.30. The Kier molecular flexibility index (Phi) is 3.43. The fraction of sp³-hybridized carbons (Fsp3) is 0.412. The standard InChI is InChI=1S/C17H22N2O/c1-12-9-13-3-4-14(18)10-17(13)19(11-12)15-5-7-16(20-2)8-6-15/h4-8,10,12-13H,3,9,11,18H2,1-2H3. The molecule has 0 radical (unpaired) electrons. The molecular weight excluding hydrogens is 248 g/mol. The molecule has 0 aromatic heterocycles. The molecule has 20 heavy (non-hydrogen) atoms. The first kappa shape index (κ1) is 13.1. The van der Waals surface area contributed by atoms with Gasteiger partial charge in [0.2, 0.25) is 0 Å². The maximum atomic E-state index is 6.00. The van der Waals surface area contributed by atoms with E-state index in [1.165, 1.54) is 17.8 Å². The van der Waals surface area contributed by atoms with Gasteiger partial charge in [0.25, 0.3) is 0 Å². The van der Waals surface area contributed by atoms with Crippen LogP contribution in [-0.2, 0) is 0 Å². The molecule has 2 aliphatic rings. The van der Waals surface area contributed by atoms with E-state index in [0.717, 1.165) is 24.4 Å². The number of allylic oxidation sites excluding steroid dienone is 3. The summed E-state index contributed by atoms with van der Waals surface area (Å²) in [7, 11) is 1.70. The van der Waals surface area contributed by atoms with Crippen molar-refractivity contribution in [2.24, 2.45) is 17.6 Å². The van der Waals surface area contributed by atoms with Crippen LogP contribution in [0.15, 0.2) is 47.8 Å². The van der Waals surface area contributed by atoms with Crippen LogP contribution in [0.2, 0.25) is 0 Å². The molecule has 2 unspecified atom stereocenters. The van der Waals surface area contributed by atoms with Crippen LogP contribution in [0.1, 0.15) is 19.8 Å². The van der Waals surface area contributed by atoms with Crippen molar-refractivity contribution in [3.63, 3.8) is 0 Å². The summed E-state index contributed by atoms with van der Waals surface area (Å²) in [5.74, 6) is 2.20. The van der Waals surface area contributed by atoms with Gasteiger partial charge in [0.15, 0.2) is 0 Å². The molecule has 0 spiro atoms. The van der Waals surface area contributed by atoms with Gasteiger partial charge in [-0.2, -0.15) is 0 Å². The predicted octanol–water partition coefficient (Wildman–Crippen LogP) is 3.29. The van der Waals surface area contributed by atoms with Gasteiger partial charge in [-0.05, 0) is 49.1 Å². The van der Waals surface area contributed by atoms with Gasteiger partial charge in [-0.15, -0.1) is 0 Å². The van der Waals surface area contributed by atoms with E-state index in [4.69, 9.17) is 10.5 Å². The van der Waals surface area contributed by atoms with E-state index in [1.807, 2.05) is 12.1 Å². The maximum absolute atomic E-state index is 6.00. The lowest BCUT2D eigenvalue weighted by atomic mass is 9.82. The highest BCUT2D eigenvalue weighted by Crippen LogP contribution is 2.38. The summed E-state index contributed by atoms with van der Waals surface area (Å²) < 4.78 is 5.24. The highest BCUT2D eigenvalue weighted by molar-refractivity contribution is 5.56. The average Bonchev–Trinajstić information content (AvgIpc) is 2.47. The van der Waals surface area contributed by atoms with Crippen molar-refractivity contribution in [2.75, 3.05) is 18.6 Å². The molecule has 2 atom stereocenters. The SMILES string of the molecule is COc1ccc(N2CC(C)CC3CC=C(N)C=C32)cc1. The number of ether oxygens (including phenoxy) is 1. The predicted molar refractivity (Wildman–Crippen MR) is 82.6 cm³/mol. The first-order chi connectivity index (χ1) is 9.67. The van der Waals surface area contributed by atoms with Gasteiger partial charge in [0, 0.05) is 29.5 Å². The van der Waals surface area contributed by atoms with Gasteiger partial charge in [-0.3, -0.25) is 0 Å². The molecular formula is C17H22N2O. The molecule has 2 N–H and O–H groups in total. The van der Waals surface area contributed by atoms with E-state index in [1.54, 1.807) is 7.11 Å². The Bertz CT molecular complexity index is 545. The van der Waals surface area contributed by atoms with E-state index in [0.29, 0.717) is 11.8 Å². The van der Waals surface area contributed by atoms with Crippen molar-refractivity contribution in [1.82, 2.24) is 0 Å². The zero-order valence-electron chi connectivity index (χ0n) is 12.2. The lowest BCUT2D eigenvalue weighted by Gasteiger charge is -2.41. The summed E-state index contributed by atoms with van der Waals surface area (Å²) in [6.07, 6.45) is 6.61. The number of hydrogen-bond acceptors (Lipinski definition) is 3. The Morgan fingerprint density at radius 3 is 2.70 bits per heavy atom. The Morgan fingerprint density at radius 2 is 2.00 bits per heavy atom. The van der Waals surface area contributed by atoms with Crippen LogP contribution >= 0.6 is 0 Å². The third-order valence-corrected chi connectivity index (χ3v) is 4.25. The van der Waals surface area contributed by atoms with Crippen molar-refractivity contribution < 1.29 is 4.74 Å². The van der Waals surface area contributed by atoms with Gasteiger partial charge in [-0.25, -0.2) is 0 Å². The van der Waals surface area contributed by atoms with Crippen molar-refractivity contribution in [3.8, 4) is 5.75 Å². The van der Waals surface area contributed by atoms with Gasteiger partial charge in [0.05, 0.1) is 7.11 Å². The zero-order valence-corrected chi connectivity index (χ0v) is 12.2. The molecule has 1 aliphatic carbocycles. The van der Waals surface area contributed by atoms with Crippen LogP contribution in [0.5, 0.6) is 5.75 Å². The minimum Gasteiger partial charge on any atom is -0.497 e. The van der Waals surface area contributed by atoms with E-state index in [9.17, 15) is 0 Å². The molecule has 3 rings (SSSR count). The topological polar surface area (TPSA) is 38.5 Å². The van der Waals surface area contributed by atoms with Gasteiger partial charge in [0.1, 0.15) is 5.75 Å². The van der Waals surface area contributed by atoms with Crippen molar-refractivity contribution >= 4 is 5.69 Å². The second-order valence-electron chi connectivity index (χ2n) is 5.86. The van der Waals surface area contributed by atoms with E-state index >= 15 is 0 Å². The Balaban J connectivity index is 1.94. The van der Waals surface area contributed by atoms with Crippen LogP contribution < -0.4 is 15.4 Å². The summed E-state index contributed by atoms with van der Waals surface area (Å²) in [4.78, 5) is 2.41. The molecule has 1 aromatic carbocycles. The number of methoxy groups -OCH3 is 1. The maximum Gasteiger partial charge on any atom is 0.119 e. The van der Waals surface area contributed by atoms with Gasteiger partial charge in [-0.1, -0.05) is 13.0 Å². The quantitative estimate of drug-likeness (QED) is 0.896. The van der Waals surface area contributed by atoms with E-state index in [2.05, 4.69) is 36.1 Å². The number of nitrogens with two attached hydrogens (primary N) is 1. The normalized spacial score (nSPS) is 25.6. The Labute approximate surface area is 120 Å². The molecule has 1 aliphatic heterocycles. The fourth-order valence-corrected chi connectivity index (χ4v) is 3.26. The average molecular weight is 270 g/mol. The zero-order chi connectivity index (χ0) is 14.1. The smallest absolute Gasteiger partial charge is 0.119 e. The van der Waals surface area contributed by atoms with E-state index < -0.39 is 0 Å². The number of anilines is 1. The second-order valence-corrected chi connectivity index (χ2v) is 5.86. The van der Waals surface area contributed by atoms with Crippen molar-refractivity contribution in [3.05, 3.63) is 47.8 Å². The van der Waals surface area contributed by atoms with Crippen LogP contribution in [0.3, 0.4) is 0 Å². The van der Waals surface area contributed by atoms with Crippen LogP contribution in [-0.4, -0.2) is 13.7 Å². The third kappa shape index (κ3) is 2.40. The second kappa shape index (κ2) is 5.23. The molecule has 0 saturated carbocycles. The largest absolute Gasteiger partial charge is 0.497 e. The van der Waals surface area contributed by atoms with Crippen molar-refractivity contribution in [1.29, 1.82) is 0 Å². The molecule has 3 nitrogen and oxygen atoms in total.